The van der Waals surface area contributed by atoms with Crippen molar-refractivity contribution in [2.45, 2.75) is 26.8 Å². The van der Waals surface area contributed by atoms with Crippen LogP contribution in [0, 0.1) is 13.8 Å². The van der Waals surface area contributed by atoms with Crippen molar-refractivity contribution in [2.24, 2.45) is 0 Å². The number of rotatable bonds is 4. The van der Waals surface area contributed by atoms with Crippen LogP contribution in [-0.4, -0.2) is 24.3 Å². The Morgan fingerprint density at radius 3 is 2.37 bits per heavy atom. The molecule has 0 saturated heterocycles. The predicted molar refractivity (Wildman–Crippen MR) is 75.8 cm³/mol. The molecule has 0 spiro atoms. The van der Waals surface area contributed by atoms with Gasteiger partial charge in [0.15, 0.2) is 0 Å². The Bertz CT molecular complexity index is 544. The molecule has 0 bridgehead atoms. The van der Waals surface area contributed by atoms with E-state index in [-0.39, 0.29) is 6.04 Å². The molecule has 0 aliphatic carbocycles. The molecule has 2 rings (SSSR count). The van der Waals surface area contributed by atoms with Crippen LogP contribution < -0.4 is 10.2 Å². The number of nitrogens with one attached hydrogen (secondary N) is 1. The molecule has 5 nitrogen and oxygen atoms in total. The number of nitrogens with zero attached hydrogens (tertiary/aromatic N) is 3. The van der Waals surface area contributed by atoms with Crippen LogP contribution in [0.4, 0.5) is 11.7 Å². The highest BCUT2D eigenvalue weighted by atomic mass is 16.4. The van der Waals surface area contributed by atoms with Gasteiger partial charge in [-0.15, -0.1) is 5.10 Å². The molecule has 5 heteroatoms. The summed E-state index contributed by atoms with van der Waals surface area (Å²) in [5.41, 5.74) is 3.47. The number of aromatic nitrogens is 2. The summed E-state index contributed by atoms with van der Waals surface area (Å²) in [5.74, 6) is 0.591. The summed E-state index contributed by atoms with van der Waals surface area (Å²) >= 11 is 0. The van der Waals surface area contributed by atoms with Crippen molar-refractivity contribution in [3.05, 3.63) is 35.2 Å². The molecule has 1 unspecified atom stereocenters. The van der Waals surface area contributed by atoms with E-state index in [2.05, 4.69) is 47.6 Å². The van der Waals surface area contributed by atoms with Crippen LogP contribution >= 0.6 is 0 Å². The van der Waals surface area contributed by atoms with Crippen LogP contribution in [0.3, 0.4) is 0 Å². The summed E-state index contributed by atoms with van der Waals surface area (Å²) < 4.78 is 5.67. The van der Waals surface area contributed by atoms with Gasteiger partial charge in [-0.25, -0.2) is 0 Å². The second-order valence-electron chi connectivity index (χ2n) is 4.84. The van der Waals surface area contributed by atoms with Gasteiger partial charge in [-0.2, -0.15) is 0 Å². The SMILES string of the molecule is CNC(C)c1nnc(N(C)c2cc(C)cc(C)c2)o1. The van der Waals surface area contributed by atoms with Crippen molar-refractivity contribution in [1.29, 1.82) is 0 Å². The lowest BCUT2D eigenvalue weighted by Crippen LogP contribution is -2.12. The Kier molecular flexibility index (Phi) is 3.85. The summed E-state index contributed by atoms with van der Waals surface area (Å²) in [7, 11) is 3.79. The molecule has 2 aromatic rings. The Balaban J connectivity index is 2.28. The first kappa shape index (κ1) is 13.5. The number of hydrogen-bond acceptors (Lipinski definition) is 5. The van der Waals surface area contributed by atoms with E-state index < -0.39 is 0 Å². The molecule has 0 fully saturated rings. The van der Waals surface area contributed by atoms with E-state index in [0.717, 1.165) is 5.69 Å². The minimum absolute atomic E-state index is 0.0499. The van der Waals surface area contributed by atoms with E-state index in [9.17, 15) is 0 Å². The van der Waals surface area contributed by atoms with Gasteiger partial charge < -0.3 is 9.73 Å². The monoisotopic (exact) mass is 260 g/mol. The van der Waals surface area contributed by atoms with E-state index in [0.29, 0.717) is 11.9 Å². The summed E-state index contributed by atoms with van der Waals surface area (Å²) in [6.07, 6.45) is 0. The van der Waals surface area contributed by atoms with E-state index in [4.69, 9.17) is 4.42 Å². The van der Waals surface area contributed by atoms with Crippen molar-refractivity contribution >= 4 is 11.7 Å². The van der Waals surface area contributed by atoms with Gasteiger partial charge in [-0.1, -0.05) is 11.2 Å². The average Bonchev–Trinajstić information content (AvgIpc) is 2.85. The smallest absolute Gasteiger partial charge is 0.322 e. The highest BCUT2D eigenvalue weighted by Gasteiger charge is 2.16. The fraction of sp³-hybridized carbons (Fsp3) is 0.429. The maximum Gasteiger partial charge on any atom is 0.322 e. The molecule has 1 aromatic heterocycles. The maximum atomic E-state index is 5.67. The summed E-state index contributed by atoms with van der Waals surface area (Å²) in [4.78, 5) is 1.90. The Hall–Kier alpha value is -1.88. The van der Waals surface area contributed by atoms with Gasteiger partial charge in [0.25, 0.3) is 0 Å². The van der Waals surface area contributed by atoms with Gasteiger partial charge in [0.1, 0.15) is 0 Å². The molecule has 1 N–H and O–H groups in total. The minimum atomic E-state index is 0.0499. The molecule has 0 amide bonds. The van der Waals surface area contributed by atoms with Crippen molar-refractivity contribution in [3.8, 4) is 0 Å². The van der Waals surface area contributed by atoms with Gasteiger partial charge in [0.05, 0.1) is 6.04 Å². The zero-order valence-corrected chi connectivity index (χ0v) is 12.1. The molecule has 102 valence electrons. The molecule has 1 heterocycles. The Morgan fingerprint density at radius 2 is 1.79 bits per heavy atom. The molecule has 1 atom stereocenters. The Labute approximate surface area is 113 Å². The molecule has 1 aromatic carbocycles. The molecular weight excluding hydrogens is 240 g/mol. The van der Waals surface area contributed by atoms with Crippen molar-refractivity contribution < 1.29 is 4.42 Å². The molecule has 0 radical (unpaired) electrons. The van der Waals surface area contributed by atoms with E-state index in [1.165, 1.54) is 11.1 Å². The van der Waals surface area contributed by atoms with E-state index in [1.807, 2.05) is 25.9 Å². The molecule has 0 aliphatic heterocycles. The number of hydrogen-bond donors (Lipinski definition) is 1. The maximum absolute atomic E-state index is 5.67. The van der Waals surface area contributed by atoms with Gasteiger partial charge in [-0.05, 0) is 51.1 Å². The van der Waals surface area contributed by atoms with Crippen LogP contribution in [-0.2, 0) is 0 Å². The van der Waals surface area contributed by atoms with Crippen molar-refractivity contribution in [2.75, 3.05) is 19.0 Å². The minimum Gasteiger partial charge on any atom is -0.406 e. The van der Waals surface area contributed by atoms with Crippen LogP contribution in [0.5, 0.6) is 0 Å². The highest BCUT2D eigenvalue weighted by Crippen LogP contribution is 2.25. The summed E-state index contributed by atoms with van der Waals surface area (Å²) in [6.45, 7) is 6.13. The fourth-order valence-corrected chi connectivity index (χ4v) is 1.92. The number of aryl methyl sites for hydroxylation is 2. The Morgan fingerprint density at radius 1 is 1.16 bits per heavy atom. The third-order valence-electron chi connectivity index (χ3n) is 3.11. The van der Waals surface area contributed by atoms with Crippen LogP contribution in [0.25, 0.3) is 0 Å². The lowest BCUT2D eigenvalue weighted by Gasteiger charge is -2.15. The first-order valence-electron chi connectivity index (χ1n) is 6.34. The van der Waals surface area contributed by atoms with Gasteiger partial charge in [0, 0.05) is 12.7 Å². The van der Waals surface area contributed by atoms with Crippen molar-refractivity contribution in [1.82, 2.24) is 15.5 Å². The molecule has 19 heavy (non-hydrogen) atoms. The zero-order chi connectivity index (χ0) is 14.0. The third-order valence-corrected chi connectivity index (χ3v) is 3.11. The van der Waals surface area contributed by atoms with Gasteiger partial charge in [0.2, 0.25) is 5.89 Å². The molecule has 0 saturated carbocycles. The largest absolute Gasteiger partial charge is 0.406 e. The normalized spacial score (nSPS) is 12.5. The van der Waals surface area contributed by atoms with Gasteiger partial charge >= 0.3 is 6.01 Å². The van der Waals surface area contributed by atoms with Gasteiger partial charge in [-0.3, -0.25) is 4.90 Å². The van der Waals surface area contributed by atoms with Crippen LogP contribution in [0.2, 0.25) is 0 Å². The first-order chi connectivity index (χ1) is 9.01. The van der Waals surface area contributed by atoms with Crippen molar-refractivity contribution in [3.63, 3.8) is 0 Å². The number of anilines is 2. The predicted octanol–water partition coefficient (Wildman–Crippen LogP) is 2.73. The zero-order valence-electron chi connectivity index (χ0n) is 12.1. The van der Waals surface area contributed by atoms with Crippen LogP contribution in [0.1, 0.15) is 30.0 Å². The first-order valence-corrected chi connectivity index (χ1v) is 6.34. The topological polar surface area (TPSA) is 54.2 Å². The number of benzene rings is 1. The lowest BCUT2D eigenvalue weighted by molar-refractivity contribution is 0.437. The second-order valence-corrected chi connectivity index (χ2v) is 4.84. The van der Waals surface area contributed by atoms with E-state index >= 15 is 0 Å². The highest BCUT2D eigenvalue weighted by molar-refractivity contribution is 5.57. The summed E-state index contributed by atoms with van der Waals surface area (Å²) in [6, 6.07) is 6.88. The lowest BCUT2D eigenvalue weighted by atomic mass is 10.1. The second kappa shape index (κ2) is 5.40. The standard InChI is InChI=1S/C14H20N4O/c1-9-6-10(2)8-12(7-9)18(5)14-17-16-13(19-14)11(3)15-4/h6-8,11,15H,1-5H3. The molecular formula is C14H20N4O. The average molecular weight is 260 g/mol. The molecule has 0 aliphatic rings. The third kappa shape index (κ3) is 2.93. The van der Waals surface area contributed by atoms with Crippen LogP contribution in [0.15, 0.2) is 22.6 Å². The summed E-state index contributed by atoms with van der Waals surface area (Å²) in [5, 5.41) is 11.2. The fourth-order valence-electron chi connectivity index (χ4n) is 1.92. The van der Waals surface area contributed by atoms with E-state index in [1.54, 1.807) is 0 Å². The quantitative estimate of drug-likeness (QED) is 0.916.